The first kappa shape index (κ1) is 13.0. The van der Waals surface area contributed by atoms with Gasteiger partial charge in [0.1, 0.15) is 0 Å². The molecule has 0 aromatic carbocycles. The zero-order valence-corrected chi connectivity index (χ0v) is 10.6. The van der Waals surface area contributed by atoms with Gasteiger partial charge in [0.25, 0.3) is 5.91 Å². The van der Waals surface area contributed by atoms with Crippen molar-refractivity contribution in [1.29, 1.82) is 0 Å². The molecule has 2 rings (SSSR count). The van der Waals surface area contributed by atoms with Crippen LogP contribution in [0, 0.1) is 0 Å². The number of likely N-dealkylation sites (N-methyl/N-ethyl adjacent to an activating group) is 1. The van der Waals surface area contributed by atoms with Crippen LogP contribution >= 0.6 is 0 Å². The van der Waals surface area contributed by atoms with Crippen LogP contribution in [0.2, 0.25) is 0 Å². The Kier molecular flexibility index (Phi) is 4.28. The highest BCUT2D eigenvalue weighted by Gasteiger charge is 2.20. The zero-order valence-electron chi connectivity index (χ0n) is 10.6. The summed E-state index contributed by atoms with van der Waals surface area (Å²) in [5.74, 6) is -0.0115. The molecule has 1 fully saturated rings. The number of hydrogen-bond donors (Lipinski definition) is 1. The number of nitrogens with two attached hydrogens (primary N) is 1. The molecule has 0 aliphatic carbocycles. The van der Waals surface area contributed by atoms with Gasteiger partial charge < -0.3 is 15.4 Å². The Morgan fingerprint density at radius 3 is 3.17 bits per heavy atom. The minimum atomic E-state index is -0.0115. The summed E-state index contributed by atoms with van der Waals surface area (Å²) in [6.07, 6.45) is 3.91. The van der Waals surface area contributed by atoms with Crippen molar-refractivity contribution in [2.24, 2.45) is 5.73 Å². The van der Waals surface area contributed by atoms with Gasteiger partial charge in [0.2, 0.25) is 0 Å². The monoisotopic (exact) mass is 249 g/mol. The van der Waals surface area contributed by atoms with Crippen LogP contribution in [0.1, 0.15) is 28.9 Å². The molecule has 98 valence electrons. The summed E-state index contributed by atoms with van der Waals surface area (Å²) in [4.78, 5) is 18.0. The van der Waals surface area contributed by atoms with E-state index in [-0.39, 0.29) is 12.0 Å². The summed E-state index contributed by atoms with van der Waals surface area (Å²) in [7, 11) is 1.80. The molecular weight excluding hydrogens is 230 g/mol. The van der Waals surface area contributed by atoms with Gasteiger partial charge in [-0.1, -0.05) is 0 Å². The molecule has 1 atom stereocenters. The van der Waals surface area contributed by atoms with Crippen LogP contribution in [-0.4, -0.2) is 42.1 Å². The number of nitrogens with zero attached hydrogens (tertiary/aromatic N) is 2. The molecule has 0 bridgehead atoms. The van der Waals surface area contributed by atoms with Crippen molar-refractivity contribution in [2.45, 2.75) is 25.5 Å². The molecule has 5 nitrogen and oxygen atoms in total. The highest BCUT2D eigenvalue weighted by Crippen LogP contribution is 2.14. The molecule has 1 unspecified atom stereocenters. The van der Waals surface area contributed by atoms with E-state index in [9.17, 15) is 4.79 Å². The second-order valence-electron chi connectivity index (χ2n) is 4.56. The number of aromatic nitrogens is 1. The van der Waals surface area contributed by atoms with Crippen molar-refractivity contribution in [3.63, 3.8) is 0 Å². The third-order valence-electron chi connectivity index (χ3n) is 3.12. The zero-order chi connectivity index (χ0) is 13.0. The Labute approximate surface area is 107 Å². The van der Waals surface area contributed by atoms with E-state index in [0.29, 0.717) is 18.7 Å². The topological polar surface area (TPSA) is 68.5 Å². The molecule has 1 aliphatic rings. The van der Waals surface area contributed by atoms with Gasteiger partial charge in [-0.25, -0.2) is 0 Å². The van der Waals surface area contributed by atoms with Gasteiger partial charge in [-0.05, 0) is 25.0 Å². The Balaban J connectivity index is 2.00. The van der Waals surface area contributed by atoms with Gasteiger partial charge in [-0.2, -0.15) is 0 Å². The van der Waals surface area contributed by atoms with Crippen LogP contribution in [0.4, 0.5) is 0 Å². The maximum absolute atomic E-state index is 12.2. The van der Waals surface area contributed by atoms with E-state index in [1.165, 1.54) is 0 Å². The highest BCUT2D eigenvalue weighted by molar-refractivity contribution is 5.94. The van der Waals surface area contributed by atoms with E-state index >= 15 is 0 Å². The second kappa shape index (κ2) is 5.93. The molecule has 5 heteroatoms. The van der Waals surface area contributed by atoms with Crippen molar-refractivity contribution in [3.8, 4) is 0 Å². The molecule has 1 aromatic rings. The maximum atomic E-state index is 12.2. The minimum absolute atomic E-state index is 0.0115. The van der Waals surface area contributed by atoms with Crippen LogP contribution < -0.4 is 5.73 Å². The summed E-state index contributed by atoms with van der Waals surface area (Å²) in [6.45, 7) is 1.79. The summed E-state index contributed by atoms with van der Waals surface area (Å²) in [6, 6.07) is 3.46. The van der Waals surface area contributed by atoms with Gasteiger partial charge in [-0.3, -0.25) is 9.78 Å². The van der Waals surface area contributed by atoms with Crippen LogP contribution in [-0.2, 0) is 11.3 Å². The number of ether oxygens (including phenoxy) is 1. The first-order chi connectivity index (χ1) is 8.70. The average Bonchev–Trinajstić information content (AvgIpc) is 2.90. The van der Waals surface area contributed by atoms with E-state index in [1.807, 2.05) is 0 Å². The molecule has 0 radical (unpaired) electrons. The summed E-state index contributed by atoms with van der Waals surface area (Å²) >= 11 is 0. The minimum Gasteiger partial charge on any atom is -0.376 e. The van der Waals surface area contributed by atoms with Gasteiger partial charge in [0.15, 0.2) is 0 Å². The molecule has 18 heavy (non-hydrogen) atoms. The Hall–Kier alpha value is -1.46. The van der Waals surface area contributed by atoms with E-state index < -0.39 is 0 Å². The van der Waals surface area contributed by atoms with Crippen molar-refractivity contribution in [1.82, 2.24) is 9.88 Å². The number of carbonyl (C=O) groups excluding carboxylic acids is 1. The summed E-state index contributed by atoms with van der Waals surface area (Å²) in [5, 5.41) is 0. The normalized spacial score (nSPS) is 18.9. The van der Waals surface area contributed by atoms with E-state index in [1.54, 1.807) is 30.3 Å². The van der Waals surface area contributed by atoms with Crippen molar-refractivity contribution < 1.29 is 9.53 Å². The van der Waals surface area contributed by atoms with Crippen LogP contribution in [0.5, 0.6) is 0 Å². The van der Waals surface area contributed by atoms with E-state index in [0.717, 1.165) is 25.1 Å². The van der Waals surface area contributed by atoms with Crippen molar-refractivity contribution in [2.75, 3.05) is 20.2 Å². The Bertz CT molecular complexity index is 416. The third kappa shape index (κ3) is 3.05. The molecule has 0 spiro atoms. The molecule has 1 amide bonds. The number of pyridine rings is 1. The van der Waals surface area contributed by atoms with Crippen LogP contribution in [0.15, 0.2) is 18.3 Å². The predicted molar refractivity (Wildman–Crippen MR) is 68.1 cm³/mol. The third-order valence-corrected chi connectivity index (χ3v) is 3.12. The molecule has 2 heterocycles. The number of carbonyl (C=O) groups is 1. The molecular formula is C13H19N3O2. The van der Waals surface area contributed by atoms with E-state index in [4.69, 9.17) is 10.5 Å². The van der Waals surface area contributed by atoms with Gasteiger partial charge in [-0.15, -0.1) is 0 Å². The molecule has 1 aliphatic heterocycles. The Morgan fingerprint density at radius 1 is 1.67 bits per heavy atom. The lowest BCUT2D eigenvalue weighted by Gasteiger charge is -2.21. The summed E-state index contributed by atoms with van der Waals surface area (Å²) in [5.41, 5.74) is 6.88. The lowest BCUT2D eigenvalue weighted by molar-refractivity contribution is 0.0587. The van der Waals surface area contributed by atoms with Gasteiger partial charge >= 0.3 is 0 Å². The fourth-order valence-corrected chi connectivity index (χ4v) is 2.12. The van der Waals surface area contributed by atoms with Gasteiger partial charge in [0.05, 0.1) is 11.8 Å². The SMILES string of the molecule is CN(CC1CCCO1)C(=O)c1ccnc(CN)c1. The van der Waals surface area contributed by atoms with Gasteiger partial charge in [0, 0.05) is 38.5 Å². The highest BCUT2D eigenvalue weighted by atomic mass is 16.5. The first-order valence-corrected chi connectivity index (χ1v) is 6.23. The number of rotatable bonds is 4. The smallest absolute Gasteiger partial charge is 0.253 e. The quantitative estimate of drug-likeness (QED) is 0.856. The maximum Gasteiger partial charge on any atom is 0.253 e. The summed E-state index contributed by atoms with van der Waals surface area (Å²) < 4.78 is 5.53. The molecule has 1 saturated heterocycles. The van der Waals surface area contributed by atoms with Crippen LogP contribution in [0.3, 0.4) is 0 Å². The number of hydrogen-bond acceptors (Lipinski definition) is 4. The van der Waals surface area contributed by atoms with E-state index in [2.05, 4.69) is 4.98 Å². The second-order valence-corrected chi connectivity index (χ2v) is 4.56. The molecule has 0 saturated carbocycles. The molecule has 2 N–H and O–H groups in total. The molecule has 1 aromatic heterocycles. The number of amides is 1. The average molecular weight is 249 g/mol. The lowest BCUT2D eigenvalue weighted by Crippen LogP contribution is -2.34. The van der Waals surface area contributed by atoms with Crippen molar-refractivity contribution >= 4 is 5.91 Å². The van der Waals surface area contributed by atoms with Crippen LogP contribution in [0.25, 0.3) is 0 Å². The predicted octanol–water partition coefficient (Wildman–Crippen LogP) is 0.791. The fraction of sp³-hybridized carbons (Fsp3) is 0.538. The van der Waals surface area contributed by atoms with Crippen molar-refractivity contribution in [3.05, 3.63) is 29.6 Å². The Morgan fingerprint density at radius 2 is 2.50 bits per heavy atom. The lowest BCUT2D eigenvalue weighted by atomic mass is 10.2. The largest absolute Gasteiger partial charge is 0.376 e. The standard InChI is InChI=1S/C13H19N3O2/c1-16(9-12-3-2-6-18-12)13(17)10-4-5-15-11(7-10)8-14/h4-5,7,12H,2-3,6,8-9,14H2,1H3. The first-order valence-electron chi connectivity index (χ1n) is 6.23. The fourth-order valence-electron chi connectivity index (χ4n) is 2.12.